The van der Waals surface area contributed by atoms with Gasteiger partial charge in [0.15, 0.2) is 0 Å². The van der Waals surface area contributed by atoms with Crippen LogP contribution in [0.2, 0.25) is 0 Å². The molecule has 0 saturated carbocycles. The molecule has 7 nitrogen and oxygen atoms in total. The van der Waals surface area contributed by atoms with Gasteiger partial charge in [-0.25, -0.2) is 8.42 Å². The minimum Gasteiger partial charge on any atom is -0.370 e. The maximum atomic E-state index is 12.0. The third-order valence-electron chi connectivity index (χ3n) is 2.37. The summed E-state index contributed by atoms with van der Waals surface area (Å²) in [5.74, 6) is -1.49. The third-order valence-corrected chi connectivity index (χ3v) is 3.86. The Kier molecular flexibility index (Phi) is 5.02. The SMILES string of the molecule is NC(=O)CCC(NS(=O)(=O)c1ccccc1)C(N)=O. The molecule has 0 radical (unpaired) electrons. The summed E-state index contributed by atoms with van der Waals surface area (Å²) in [5, 5.41) is 0. The molecule has 0 aliphatic carbocycles. The normalized spacial score (nSPS) is 12.8. The second-order valence-electron chi connectivity index (χ2n) is 3.89. The van der Waals surface area contributed by atoms with Gasteiger partial charge < -0.3 is 11.5 Å². The van der Waals surface area contributed by atoms with Gasteiger partial charge in [-0.1, -0.05) is 18.2 Å². The van der Waals surface area contributed by atoms with Crippen molar-refractivity contribution in [3.05, 3.63) is 30.3 Å². The fraction of sp³-hybridized carbons (Fsp3) is 0.273. The number of sulfonamides is 1. The lowest BCUT2D eigenvalue weighted by Crippen LogP contribution is -2.44. The van der Waals surface area contributed by atoms with E-state index in [0.29, 0.717) is 0 Å². The number of carbonyl (C=O) groups excluding carboxylic acids is 2. The van der Waals surface area contributed by atoms with Gasteiger partial charge >= 0.3 is 0 Å². The Bertz CT molecular complexity index is 557. The Labute approximate surface area is 111 Å². The minimum atomic E-state index is -3.86. The van der Waals surface area contributed by atoms with Gasteiger partial charge in [-0.3, -0.25) is 9.59 Å². The van der Waals surface area contributed by atoms with Gasteiger partial charge in [0, 0.05) is 6.42 Å². The molecule has 2 amide bonds. The van der Waals surface area contributed by atoms with Gasteiger partial charge in [-0.15, -0.1) is 0 Å². The number of nitrogens with one attached hydrogen (secondary N) is 1. The van der Waals surface area contributed by atoms with Gasteiger partial charge in [0.05, 0.1) is 4.90 Å². The zero-order chi connectivity index (χ0) is 14.5. The number of benzene rings is 1. The molecule has 19 heavy (non-hydrogen) atoms. The first-order valence-corrected chi connectivity index (χ1v) is 6.96. The van der Waals surface area contributed by atoms with Crippen LogP contribution in [0.15, 0.2) is 35.2 Å². The van der Waals surface area contributed by atoms with Crippen molar-refractivity contribution in [3.8, 4) is 0 Å². The second-order valence-corrected chi connectivity index (χ2v) is 5.61. The number of hydrogen-bond donors (Lipinski definition) is 3. The van der Waals surface area contributed by atoms with Crippen LogP contribution in [-0.2, 0) is 19.6 Å². The Balaban J connectivity index is 2.84. The van der Waals surface area contributed by atoms with Crippen LogP contribution in [0.25, 0.3) is 0 Å². The monoisotopic (exact) mass is 285 g/mol. The summed E-state index contributed by atoms with van der Waals surface area (Å²) in [4.78, 5) is 21.8. The highest BCUT2D eigenvalue weighted by atomic mass is 32.2. The van der Waals surface area contributed by atoms with Crippen LogP contribution in [0.1, 0.15) is 12.8 Å². The van der Waals surface area contributed by atoms with Crippen molar-refractivity contribution in [3.63, 3.8) is 0 Å². The Morgan fingerprint density at radius 2 is 1.74 bits per heavy atom. The lowest BCUT2D eigenvalue weighted by atomic mass is 10.1. The third kappa shape index (κ3) is 4.68. The summed E-state index contributed by atoms with van der Waals surface area (Å²) in [6.45, 7) is 0. The van der Waals surface area contributed by atoms with E-state index in [1.807, 2.05) is 0 Å². The summed E-state index contributed by atoms with van der Waals surface area (Å²) >= 11 is 0. The average molecular weight is 285 g/mol. The Hall–Kier alpha value is -1.93. The smallest absolute Gasteiger partial charge is 0.241 e. The topological polar surface area (TPSA) is 132 Å². The van der Waals surface area contributed by atoms with E-state index in [1.165, 1.54) is 12.1 Å². The average Bonchev–Trinajstić information content (AvgIpc) is 2.35. The lowest BCUT2D eigenvalue weighted by Gasteiger charge is -2.14. The van der Waals surface area contributed by atoms with Crippen LogP contribution >= 0.6 is 0 Å². The molecule has 1 aromatic rings. The largest absolute Gasteiger partial charge is 0.370 e. The molecule has 0 spiro atoms. The van der Waals surface area contributed by atoms with Crippen molar-refractivity contribution in [1.29, 1.82) is 0 Å². The van der Waals surface area contributed by atoms with E-state index in [4.69, 9.17) is 11.5 Å². The van der Waals surface area contributed by atoms with E-state index in [1.54, 1.807) is 18.2 Å². The van der Waals surface area contributed by atoms with Crippen LogP contribution < -0.4 is 16.2 Å². The molecule has 8 heteroatoms. The number of rotatable bonds is 7. The van der Waals surface area contributed by atoms with Crippen molar-refractivity contribution >= 4 is 21.8 Å². The molecule has 0 aliphatic heterocycles. The molecule has 0 heterocycles. The Morgan fingerprint density at radius 1 is 1.16 bits per heavy atom. The molecule has 0 bridgehead atoms. The van der Waals surface area contributed by atoms with E-state index in [9.17, 15) is 18.0 Å². The van der Waals surface area contributed by atoms with Gasteiger partial charge in [0.2, 0.25) is 21.8 Å². The summed E-state index contributed by atoms with van der Waals surface area (Å²) in [6.07, 6.45) is -0.207. The van der Waals surface area contributed by atoms with Crippen LogP contribution in [-0.4, -0.2) is 26.3 Å². The van der Waals surface area contributed by atoms with E-state index >= 15 is 0 Å². The van der Waals surface area contributed by atoms with E-state index in [-0.39, 0.29) is 17.7 Å². The molecular weight excluding hydrogens is 270 g/mol. The fourth-order valence-electron chi connectivity index (χ4n) is 1.40. The van der Waals surface area contributed by atoms with Crippen LogP contribution in [0.4, 0.5) is 0 Å². The predicted octanol–water partition coefficient (Wildman–Crippen LogP) is -0.916. The van der Waals surface area contributed by atoms with Gasteiger partial charge in [0.25, 0.3) is 0 Å². The number of carbonyl (C=O) groups is 2. The van der Waals surface area contributed by atoms with Gasteiger partial charge in [-0.05, 0) is 18.6 Å². The van der Waals surface area contributed by atoms with Crippen molar-refractivity contribution in [2.75, 3.05) is 0 Å². The number of amides is 2. The fourth-order valence-corrected chi connectivity index (χ4v) is 2.66. The molecule has 0 fully saturated rings. The van der Waals surface area contributed by atoms with Gasteiger partial charge in [0.1, 0.15) is 6.04 Å². The van der Waals surface area contributed by atoms with Gasteiger partial charge in [-0.2, -0.15) is 4.72 Å². The number of nitrogens with two attached hydrogens (primary N) is 2. The molecule has 104 valence electrons. The van der Waals surface area contributed by atoms with Crippen molar-refractivity contribution < 1.29 is 18.0 Å². The lowest BCUT2D eigenvalue weighted by molar-refractivity contribution is -0.120. The van der Waals surface area contributed by atoms with Crippen LogP contribution in [0.5, 0.6) is 0 Å². The minimum absolute atomic E-state index is 0.0142. The molecule has 0 saturated heterocycles. The molecule has 1 aromatic carbocycles. The first-order chi connectivity index (χ1) is 8.83. The highest BCUT2D eigenvalue weighted by Gasteiger charge is 2.24. The highest BCUT2D eigenvalue weighted by molar-refractivity contribution is 7.89. The van der Waals surface area contributed by atoms with Crippen molar-refractivity contribution in [1.82, 2.24) is 4.72 Å². The summed E-state index contributed by atoms with van der Waals surface area (Å²) in [5.41, 5.74) is 10.0. The van der Waals surface area contributed by atoms with E-state index in [2.05, 4.69) is 4.72 Å². The molecule has 1 rings (SSSR count). The molecule has 1 atom stereocenters. The second kappa shape index (κ2) is 6.30. The van der Waals surface area contributed by atoms with Crippen LogP contribution in [0.3, 0.4) is 0 Å². The zero-order valence-electron chi connectivity index (χ0n) is 10.1. The zero-order valence-corrected chi connectivity index (χ0v) is 10.9. The Morgan fingerprint density at radius 3 is 2.21 bits per heavy atom. The molecule has 0 aromatic heterocycles. The van der Waals surface area contributed by atoms with Crippen LogP contribution in [0, 0.1) is 0 Å². The molecule has 0 aliphatic rings. The first kappa shape index (κ1) is 15.1. The molecule has 5 N–H and O–H groups in total. The van der Waals surface area contributed by atoms with E-state index < -0.39 is 27.9 Å². The molecular formula is C11H15N3O4S. The van der Waals surface area contributed by atoms with Crippen molar-refractivity contribution in [2.24, 2.45) is 11.5 Å². The molecule has 1 unspecified atom stereocenters. The number of hydrogen-bond acceptors (Lipinski definition) is 4. The summed E-state index contributed by atoms with van der Waals surface area (Å²) in [6, 6.07) is 6.37. The van der Waals surface area contributed by atoms with Crippen molar-refractivity contribution in [2.45, 2.75) is 23.8 Å². The van der Waals surface area contributed by atoms with E-state index in [0.717, 1.165) is 0 Å². The predicted molar refractivity (Wildman–Crippen MR) is 68.2 cm³/mol. The maximum absolute atomic E-state index is 12.0. The number of primary amides is 2. The summed E-state index contributed by atoms with van der Waals surface area (Å²) < 4.78 is 26.1. The standard InChI is InChI=1S/C11H15N3O4S/c12-10(15)7-6-9(11(13)16)14-19(17,18)8-4-2-1-3-5-8/h1-5,9,14H,6-7H2,(H2,12,15)(H2,13,16). The highest BCUT2D eigenvalue weighted by Crippen LogP contribution is 2.09. The quantitative estimate of drug-likeness (QED) is 0.597. The summed E-state index contributed by atoms with van der Waals surface area (Å²) in [7, 11) is -3.86. The first-order valence-electron chi connectivity index (χ1n) is 5.48. The maximum Gasteiger partial charge on any atom is 0.241 e.